The lowest BCUT2D eigenvalue weighted by Gasteiger charge is -2.35. The zero-order chi connectivity index (χ0) is 18.4. The van der Waals surface area contributed by atoms with Gasteiger partial charge in [-0.1, -0.05) is 30.3 Å². The van der Waals surface area contributed by atoms with Crippen LogP contribution in [0.5, 0.6) is 5.75 Å². The molecular weight excluding hydrogens is 327 g/mol. The van der Waals surface area contributed by atoms with E-state index in [1.54, 1.807) is 19.2 Å². The van der Waals surface area contributed by atoms with Gasteiger partial charge in [-0.25, -0.2) is 4.39 Å². The first-order chi connectivity index (χ1) is 12.7. The molecule has 1 heterocycles. The average Bonchev–Trinajstić information content (AvgIpc) is 2.69. The van der Waals surface area contributed by atoms with Crippen LogP contribution in [0.1, 0.15) is 29.9 Å². The highest BCUT2D eigenvalue weighted by Gasteiger charge is 2.24. The van der Waals surface area contributed by atoms with E-state index in [0.717, 1.165) is 50.2 Å². The van der Waals surface area contributed by atoms with Crippen LogP contribution in [0.25, 0.3) is 0 Å². The fraction of sp³-hybridized carbons (Fsp3) is 0.455. The number of hydrogen-bond acceptors (Lipinski definition) is 3. The van der Waals surface area contributed by atoms with Crippen LogP contribution in [0.2, 0.25) is 0 Å². The molecule has 2 aromatic carbocycles. The lowest BCUT2D eigenvalue weighted by Crippen LogP contribution is -2.44. The minimum Gasteiger partial charge on any atom is -0.496 e. The van der Waals surface area contributed by atoms with E-state index in [1.165, 1.54) is 11.6 Å². The van der Waals surface area contributed by atoms with E-state index in [-0.39, 0.29) is 5.82 Å². The second-order valence-corrected chi connectivity index (χ2v) is 7.14. The second kappa shape index (κ2) is 9.15. The fourth-order valence-electron chi connectivity index (χ4n) is 3.92. The Labute approximate surface area is 156 Å². The summed E-state index contributed by atoms with van der Waals surface area (Å²) in [6.45, 7) is 3.12. The molecule has 3 nitrogen and oxygen atoms in total. The average molecular weight is 356 g/mol. The number of nitrogens with one attached hydrogen (secondary N) is 1. The number of methoxy groups -OCH3 is 1. The quantitative estimate of drug-likeness (QED) is 0.816. The topological polar surface area (TPSA) is 24.5 Å². The summed E-state index contributed by atoms with van der Waals surface area (Å²) in [6, 6.07) is 15.9. The third-order valence-corrected chi connectivity index (χ3v) is 5.43. The zero-order valence-electron chi connectivity index (χ0n) is 15.7. The van der Waals surface area contributed by atoms with Crippen molar-refractivity contribution in [3.8, 4) is 5.75 Å². The molecule has 140 valence electrons. The lowest BCUT2D eigenvalue weighted by atomic mass is 9.88. The molecule has 1 fully saturated rings. The number of ether oxygens (including phenoxy) is 1. The van der Waals surface area contributed by atoms with Gasteiger partial charge in [-0.05, 0) is 69.1 Å². The van der Waals surface area contributed by atoms with E-state index in [4.69, 9.17) is 4.74 Å². The van der Waals surface area contributed by atoms with Crippen molar-refractivity contribution in [2.24, 2.45) is 0 Å². The maximum atomic E-state index is 13.7. The van der Waals surface area contributed by atoms with Gasteiger partial charge in [-0.15, -0.1) is 0 Å². The summed E-state index contributed by atoms with van der Waals surface area (Å²) in [7, 11) is 3.70. The number of nitrogens with zero attached hydrogens (tertiary/aromatic N) is 1. The van der Waals surface area contributed by atoms with Crippen molar-refractivity contribution in [1.82, 2.24) is 10.2 Å². The van der Waals surface area contributed by atoms with Crippen molar-refractivity contribution in [1.29, 1.82) is 0 Å². The predicted molar refractivity (Wildman–Crippen MR) is 104 cm³/mol. The van der Waals surface area contributed by atoms with Crippen LogP contribution in [0.4, 0.5) is 4.39 Å². The van der Waals surface area contributed by atoms with Gasteiger partial charge in [0.05, 0.1) is 7.11 Å². The Morgan fingerprint density at radius 2 is 1.88 bits per heavy atom. The molecule has 0 spiro atoms. The molecule has 26 heavy (non-hydrogen) atoms. The molecule has 1 aliphatic rings. The zero-order valence-corrected chi connectivity index (χ0v) is 15.7. The lowest BCUT2D eigenvalue weighted by molar-refractivity contribution is 0.192. The number of rotatable bonds is 7. The van der Waals surface area contributed by atoms with E-state index in [9.17, 15) is 4.39 Å². The van der Waals surface area contributed by atoms with E-state index < -0.39 is 0 Å². The number of hydrogen-bond donors (Lipinski definition) is 1. The van der Waals surface area contributed by atoms with E-state index in [1.807, 2.05) is 7.05 Å². The van der Waals surface area contributed by atoms with E-state index >= 15 is 0 Å². The monoisotopic (exact) mass is 356 g/mol. The third kappa shape index (κ3) is 4.83. The van der Waals surface area contributed by atoms with Gasteiger partial charge in [0.1, 0.15) is 11.6 Å². The van der Waals surface area contributed by atoms with E-state index in [0.29, 0.717) is 12.0 Å². The summed E-state index contributed by atoms with van der Waals surface area (Å²) in [5, 5.41) is 3.46. The molecule has 1 saturated heterocycles. The van der Waals surface area contributed by atoms with Gasteiger partial charge in [0.25, 0.3) is 0 Å². The maximum absolute atomic E-state index is 13.7. The summed E-state index contributed by atoms with van der Waals surface area (Å²) in [5.74, 6) is 1.00. The molecule has 2 aromatic rings. The molecule has 1 atom stereocenters. The van der Waals surface area contributed by atoms with Gasteiger partial charge < -0.3 is 15.0 Å². The molecule has 4 heteroatoms. The Morgan fingerprint density at radius 3 is 2.54 bits per heavy atom. The summed E-state index contributed by atoms with van der Waals surface area (Å²) < 4.78 is 19.1. The van der Waals surface area contributed by atoms with Crippen molar-refractivity contribution >= 4 is 0 Å². The Balaban J connectivity index is 1.55. The predicted octanol–water partition coefficient (Wildman–Crippen LogP) is 3.84. The first-order valence-corrected chi connectivity index (χ1v) is 9.46. The molecule has 3 rings (SSSR count). The second-order valence-electron chi connectivity index (χ2n) is 7.14. The molecule has 1 N–H and O–H groups in total. The Hall–Kier alpha value is -1.91. The van der Waals surface area contributed by atoms with E-state index in [2.05, 4.69) is 40.5 Å². The molecular formula is C22H29FN2O. The van der Waals surface area contributed by atoms with Crippen LogP contribution in [-0.2, 0) is 6.42 Å². The molecule has 0 amide bonds. The number of piperidine rings is 1. The first kappa shape index (κ1) is 18.9. The van der Waals surface area contributed by atoms with Gasteiger partial charge in [-0.3, -0.25) is 0 Å². The molecule has 0 saturated carbocycles. The van der Waals surface area contributed by atoms with Crippen LogP contribution in [0, 0.1) is 5.82 Å². The van der Waals surface area contributed by atoms with Crippen LogP contribution < -0.4 is 10.1 Å². The molecule has 0 aliphatic carbocycles. The van der Waals surface area contributed by atoms with Crippen molar-refractivity contribution in [2.45, 2.75) is 31.2 Å². The fourth-order valence-corrected chi connectivity index (χ4v) is 3.92. The standard InChI is InChI=1S/C22H29FN2O/c1-24-20(14-17-6-4-3-5-7-17)16-25-12-10-18(11-13-25)21-15-19(23)8-9-22(21)26-2/h3-9,15,18,20,24H,10-14,16H2,1-2H3/t20-/m1/s1. The van der Waals surface area contributed by atoms with Crippen molar-refractivity contribution in [3.63, 3.8) is 0 Å². The third-order valence-electron chi connectivity index (χ3n) is 5.43. The van der Waals surface area contributed by atoms with Crippen molar-refractivity contribution < 1.29 is 9.13 Å². The molecule has 0 unspecified atom stereocenters. The van der Waals surface area contributed by atoms with Crippen LogP contribution in [-0.4, -0.2) is 44.7 Å². The number of halogens is 1. The summed E-state index contributed by atoms with van der Waals surface area (Å²) in [6.07, 6.45) is 3.12. The SMILES string of the molecule is CN[C@H](Cc1ccccc1)CN1CCC(c2cc(F)ccc2OC)CC1. The maximum Gasteiger partial charge on any atom is 0.123 e. The number of likely N-dealkylation sites (N-methyl/N-ethyl adjacent to an activating group) is 1. The minimum atomic E-state index is -0.179. The smallest absolute Gasteiger partial charge is 0.123 e. The highest BCUT2D eigenvalue weighted by atomic mass is 19.1. The van der Waals surface area contributed by atoms with Crippen LogP contribution in [0.3, 0.4) is 0 Å². The number of likely N-dealkylation sites (tertiary alicyclic amines) is 1. The summed E-state index contributed by atoms with van der Waals surface area (Å²) in [5.41, 5.74) is 2.38. The molecule has 0 bridgehead atoms. The Kier molecular flexibility index (Phi) is 6.64. The van der Waals surface area contributed by atoms with Gasteiger partial charge >= 0.3 is 0 Å². The largest absolute Gasteiger partial charge is 0.496 e. The van der Waals surface area contributed by atoms with Gasteiger partial charge in [-0.2, -0.15) is 0 Å². The Morgan fingerprint density at radius 1 is 1.15 bits per heavy atom. The molecule has 0 aromatic heterocycles. The Bertz CT molecular complexity index is 684. The highest BCUT2D eigenvalue weighted by molar-refractivity contribution is 5.37. The molecule has 1 aliphatic heterocycles. The van der Waals surface area contributed by atoms with Crippen molar-refractivity contribution in [3.05, 3.63) is 65.5 Å². The normalized spacial score (nSPS) is 17.2. The van der Waals surface area contributed by atoms with Gasteiger partial charge in [0.15, 0.2) is 0 Å². The minimum absolute atomic E-state index is 0.179. The van der Waals surface area contributed by atoms with Crippen LogP contribution >= 0.6 is 0 Å². The number of benzene rings is 2. The first-order valence-electron chi connectivity index (χ1n) is 9.46. The van der Waals surface area contributed by atoms with Gasteiger partial charge in [0, 0.05) is 18.2 Å². The van der Waals surface area contributed by atoms with Gasteiger partial charge in [0.2, 0.25) is 0 Å². The van der Waals surface area contributed by atoms with Crippen LogP contribution in [0.15, 0.2) is 48.5 Å². The summed E-state index contributed by atoms with van der Waals surface area (Å²) >= 11 is 0. The van der Waals surface area contributed by atoms with Crippen molar-refractivity contribution in [2.75, 3.05) is 33.8 Å². The highest BCUT2D eigenvalue weighted by Crippen LogP contribution is 2.34. The summed E-state index contributed by atoms with van der Waals surface area (Å²) in [4.78, 5) is 2.52. The molecule has 0 radical (unpaired) electrons.